The van der Waals surface area contributed by atoms with Gasteiger partial charge in [0.1, 0.15) is 18.1 Å². The highest BCUT2D eigenvalue weighted by atomic mass is 16.6. The van der Waals surface area contributed by atoms with Crippen molar-refractivity contribution in [2.75, 3.05) is 26.2 Å². The van der Waals surface area contributed by atoms with Crippen LogP contribution in [0.1, 0.15) is 47.0 Å². The number of nitrogens with one attached hydrogen (secondary N) is 1. The van der Waals surface area contributed by atoms with Crippen LogP contribution in [0.2, 0.25) is 0 Å². The minimum absolute atomic E-state index is 0.00404. The molecule has 1 unspecified atom stereocenters. The summed E-state index contributed by atoms with van der Waals surface area (Å²) in [5.41, 5.74) is -0.0226. The van der Waals surface area contributed by atoms with E-state index >= 15 is 0 Å². The van der Waals surface area contributed by atoms with Crippen LogP contribution < -0.4 is 5.32 Å². The topological polar surface area (TPSA) is 133 Å². The number of esters is 1. The van der Waals surface area contributed by atoms with E-state index in [4.69, 9.17) is 4.74 Å². The predicted molar refractivity (Wildman–Crippen MR) is 118 cm³/mol. The fraction of sp³-hybridized carbons (Fsp3) is 0.565. The molecular formula is C23H30N4O7. The van der Waals surface area contributed by atoms with Gasteiger partial charge >= 0.3 is 5.97 Å². The van der Waals surface area contributed by atoms with Crippen molar-refractivity contribution in [1.82, 2.24) is 20.0 Å². The van der Waals surface area contributed by atoms with Crippen molar-refractivity contribution in [3.8, 4) is 0 Å². The molecule has 0 radical (unpaired) electrons. The number of amides is 5. The minimum atomic E-state index is -1.05. The largest absolute Gasteiger partial charge is 0.460 e. The fourth-order valence-electron chi connectivity index (χ4n) is 4.24. The molecule has 3 aliphatic heterocycles. The summed E-state index contributed by atoms with van der Waals surface area (Å²) >= 11 is 0. The van der Waals surface area contributed by atoms with Crippen LogP contribution in [0.15, 0.2) is 23.4 Å². The lowest BCUT2D eigenvalue weighted by Gasteiger charge is -2.37. The average molecular weight is 475 g/mol. The molecule has 0 bridgehead atoms. The first-order chi connectivity index (χ1) is 15.8. The molecule has 1 atom stereocenters. The summed E-state index contributed by atoms with van der Waals surface area (Å²) in [5, 5.41) is 2.16. The number of hydrogen-bond acceptors (Lipinski definition) is 8. The van der Waals surface area contributed by atoms with E-state index in [1.807, 2.05) is 4.90 Å². The van der Waals surface area contributed by atoms with Gasteiger partial charge in [-0.25, -0.2) is 0 Å². The Balaban J connectivity index is 1.66. The molecule has 0 aromatic carbocycles. The summed E-state index contributed by atoms with van der Waals surface area (Å²) < 4.78 is 5.20. The number of allylic oxidation sites excluding steroid dienone is 1. The Morgan fingerprint density at radius 2 is 1.62 bits per heavy atom. The molecule has 11 heteroatoms. The fourth-order valence-corrected chi connectivity index (χ4v) is 4.24. The monoisotopic (exact) mass is 474 g/mol. The summed E-state index contributed by atoms with van der Waals surface area (Å²) in [6, 6.07) is -1.05. The number of nitrogens with zero attached hydrogens (tertiary/aromatic N) is 3. The van der Waals surface area contributed by atoms with Gasteiger partial charge in [0.25, 0.3) is 11.8 Å². The number of likely N-dealkylation sites (tertiary alicyclic amines) is 1. The van der Waals surface area contributed by atoms with Gasteiger partial charge in [0.05, 0.1) is 5.57 Å². The molecule has 0 aliphatic carbocycles. The Kier molecular flexibility index (Phi) is 6.94. The van der Waals surface area contributed by atoms with E-state index in [9.17, 15) is 28.8 Å². The van der Waals surface area contributed by atoms with E-state index in [-0.39, 0.29) is 36.3 Å². The van der Waals surface area contributed by atoms with Crippen molar-refractivity contribution in [3.05, 3.63) is 23.4 Å². The van der Waals surface area contributed by atoms with Crippen molar-refractivity contribution in [1.29, 1.82) is 0 Å². The maximum atomic E-state index is 13.1. The quantitative estimate of drug-likeness (QED) is 0.258. The van der Waals surface area contributed by atoms with Crippen LogP contribution in [0.25, 0.3) is 0 Å². The Labute approximate surface area is 197 Å². The summed E-state index contributed by atoms with van der Waals surface area (Å²) in [6.07, 6.45) is -0.237. The van der Waals surface area contributed by atoms with E-state index in [0.717, 1.165) is 4.90 Å². The second-order valence-corrected chi connectivity index (χ2v) is 9.52. The van der Waals surface area contributed by atoms with Crippen molar-refractivity contribution in [2.45, 2.75) is 58.6 Å². The molecule has 11 nitrogen and oxygen atoms in total. The number of rotatable bonds is 4. The second kappa shape index (κ2) is 9.40. The van der Waals surface area contributed by atoms with Gasteiger partial charge in [-0.2, -0.15) is 0 Å². The minimum Gasteiger partial charge on any atom is -0.460 e. The molecule has 0 saturated carbocycles. The highest BCUT2D eigenvalue weighted by molar-refractivity contribution is 6.26. The van der Waals surface area contributed by atoms with Crippen LogP contribution in [0.5, 0.6) is 0 Å². The van der Waals surface area contributed by atoms with Crippen LogP contribution in [-0.2, 0) is 33.5 Å². The molecule has 5 amide bonds. The number of imide groups is 2. The number of hydrogen-bond donors (Lipinski definition) is 1. The average Bonchev–Trinajstić information content (AvgIpc) is 2.95. The number of carbonyl (C=O) groups excluding carboxylic acids is 6. The molecule has 3 heterocycles. The molecule has 34 heavy (non-hydrogen) atoms. The lowest BCUT2D eigenvalue weighted by molar-refractivity contribution is -0.158. The van der Waals surface area contributed by atoms with Gasteiger partial charge in [0, 0.05) is 43.9 Å². The third kappa shape index (κ3) is 5.18. The Bertz CT molecular complexity index is 999. The van der Waals surface area contributed by atoms with E-state index in [2.05, 4.69) is 11.9 Å². The molecule has 1 N–H and O–H groups in total. The van der Waals surface area contributed by atoms with Crippen molar-refractivity contribution in [2.24, 2.45) is 0 Å². The number of carbonyl (C=O) groups is 6. The summed E-state index contributed by atoms with van der Waals surface area (Å²) in [5.74, 6) is -3.31. The molecule has 184 valence electrons. The molecule has 0 aromatic heterocycles. The van der Waals surface area contributed by atoms with Crippen LogP contribution in [0, 0.1) is 0 Å². The SMILES string of the molecule is C=C1C(=O)N(C2CCC(=O)NC2=O)C(=O)C1=C(C)N1CCN(C(=O)CC(=O)OC(C)(C)C)CC1. The molecule has 3 fully saturated rings. The number of piperazine rings is 1. The number of ether oxygens (including phenoxy) is 1. The lowest BCUT2D eigenvalue weighted by atomic mass is 10.0. The first-order valence-electron chi connectivity index (χ1n) is 11.2. The first kappa shape index (κ1) is 25.1. The van der Waals surface area contributed by atoms with E-state index in [1.165, 1.54) is 0 Å². The van der Waals surface area contributed by atoms with Gasteiger partial charge < -0.3 is 14.5 Å². The Morgan fingerprint density at radius 3 is 2.18 bits per heavy atom. The van der Waals surface area contributed by atoms with E-state index in [0.29, 0.717) is 31.9 Å². The van der Waals surface area contributed by atoms with Crippen LogP contribution in [0.4, 0.5) is 0 Å². The van der Waals surface area contributed by atoms with Crippen LogP contribution in [-0.4, -0.2) is 88.0 Å². The molecule has 3 saturated heterocycles. The molecule has 3 aliphatic rings. The molecule has 0 aromatic rings. The van der Waals surface area contributed by atoms with E-state index < -0.39 is 41.2 Å². The third-order valence-corrected chi connectivity index (χ3v) is 5.92. The zero-order valence-corrected chi connectivity index (χ0v) is 19.9. The molecule has 0 spiro atoms. The van der Waals surface area contributed by atoms with Gasteiger partial charge in [-0.15, -0.1) is 0 Å². The van der Waals surface area contributed by atoms with Gasteiger partial charge in [-0.05, 0) is 34.1 Å². The zero-order valence-electron chi connectivity index (χ0n) is 19.9. The van der Waals surface area contributed by atoms with Gasteiger partial charge in [0.15, 0.2) is 0 Å². The normalized spacial score (nSPS) is 23.4. The molecular weight excluding hydrogens is 444 g/mol. The second-order valence-electron chi connectivity index (χ2n) is 9.52. The summed E-state index contributed by atoms with van der Waals surface area (Å²) in [4.78, 5) is 78.3. The van der Waals surface area contributed by atoms with Crippen LogP contribution >= 0.6 is 0 Å². The lowest BCUT2D eigenvalue weighted by Crippen LogP contribution is -2.54. The highest BCUT2D eigenvalue weighted by Gasteiger charge is 2.47. The van der Waals surface area contributed by atoms with Gasteiger partial charge in [0.2, 0.25) is 17.7 Å². The Morgan fingerprint density at radius 1 is 1.03 bits per heavy atom. The Hall–Kier alpha value is -3.50. The first-order valence-corrected chi connectivity index (χ1v) is 11.2. The summed E-state index contributed by atoms with van der Waals surface area (Å²) in [6.45, 7) is 12.1. The maximum absolute atomic E-state index is 13.1. The third-order valence-electron chi connectivity index (χ3n) is 5.92. The zero-order chi connectivity index (χ0) is 25.4. The maximum Gasteiger partial charge on any atom is 0.315 e. The highest BCUT2D eigenvalue weighted by Crippen LogP contribution is 2.31. The standard InChI is InChI=1S/C23H30N4O7/c1-13-19(22(33)27(21(13)32)15-6-7-16(28)24-20(15)31)14(2)25-8-10-26(11-9-25)17(29)12-18(30)34-23(3,4)5/h15H,1,6-12H2,2-5H3,(H,24,28,31). The smallest absolute Gasteiger partial charge is 0.315 e. The van der Waals surface area contributed by atoms with Crippen molar-refractivity contribution >= 4 is 35.5 Å². The van der Waals surface area contributed by atoms with Gasteiger partial charge in [-0.1, -0.05) is 6.58 Å². The van der Waals surface area contributed by atoms with Gasteiger partial charge in [-0.3, -0.25) is 39.0 Å². The predicted octanol–water partition coefficient (Wildman–Crippen LogP) is -0.133. The van der Waals surface area contributed by atoms with Crippen molar-refractivity contribution < 1.29 is 33.5 Å². The van der Waals surface area contributed by atoms with Crippen molar-refractivity contribution in [3.63, 3.8) is 0 Å². The summed E-state index contributed by atoms with van der Waals surface area (Å²) in [7, 11) is 0. The van der Waals surface area contributed by atoms with E-state index in [1.54, 1.807) is 32.6 Å². The number of piperidine rings is 1. The van der Waals surface area contributed by atoms with Crippen LogP contribution in [0.3, 0.4) is 0 Å². The molecule has 3 rings (SSSR count).